The van der Waals surface area contributed by atoms with Crippen LogP contribution in [0.15, 0.2) is 48.8 Å². The first-order valence-corrected chi connectivity index (χ1v) is 9.31. The highest BCUT2D eigenvalue weighted by Gasteiger charge is 2.23. The molecule has 148 valence electrons. The second-order valence-electron chi connectivity index (χ2n) is 6.95. The molecule has 0 saturated carbocycles. The summed E-state index contributed by atoms with van der Waals surface area (Å²) in [4.78, 5) is 28.2. The van der Waals surface area contributed by atoms with Crippen LogP contribution in [0.25, 0.3) is 5.69 Å². The highest BCUT2D eigenvalue weighted by molar-refractivity contribution is 5.95. The number of tetrazole rings is 1. The van der Waals surface area contributed by atoms with Gasteiger partial charge in [-0.05, 0) is 65.4 Å². The van der Waals surface area contributed by atoms with Gasteiger partial charge in [0.25, 0.3) is 5.91 Å². The van der Waals surface area contributed by atoms with Crippen LogP contribution in [0.3, 0.4) is 0 Å². The summed E-state index contributed by atoms with van der Waals surface area (Å²) in [5, 5.41) is 11.2. The zero-order valence-corrected chi connectivity index (χ0v) is 16.0. The van der Waals surface area contributed by atoms with Gasteiger partial charge >= 0.3 is 0 Å². The second kappa shape index (κ2) is 7.70. The predicted molar refractivity (Wildman–Crippen MR) is 107 cm³/mol. The number of benzene rings is 2. The van der Waals surface area contributed by atoms with Gasteiger partial charge in [-0.2, -0.15) is 0 Å². The Morgan fingerprint density at radius 1 is 0.966 bits per heavy atom. The number of nitrogens with two attached hydrogens (primary N) is 1. The predicted octanol–water partition coefficient (Wildman–Crippen LogP) is 1.03. The van der Waals surface area contributed by atoms with Crippen LogP contribution in [0.5, 0.6) is 0 Å². The molecule has 2 amide bonds. The Balaban J connectivity index is 1.41. The fraction of sp³-hybridized carbons (Fsp3) is 0.250. The Morgan fingerprint density at radius 2 is 1.66 bits per heavy atom. The maximum Gasteiger partial charge on any atom is 0.253 e. The van der Waals surface area contributed by atoms with Crippen molar-refractivity contribution in [1.29, 1.82) is 0 Å². The Bertz CT molecular complexity index is 1020. The first kappa shape index (κ1) is 18.6. The number of hydrogen-bond donors (Lipinski definition) is 1. The topological polar surface area (TPSA) is 110 Å². The van der Waals surface area contributed by atoms with Crippen molar-refractivity contribution in [2.24, 2.45) is 5.73 Å². The van der Waals surface area contributed by atoms with Crippen LogP contribution < -0.4 is 10.6 Å². The van der Waals surface area contributed by atoms with E-state index in [1.807, 2.05) is 36.1 Å². The molecule has 0 spiro atoms. The van der Waals surface area contributed by atoms with E-state index in [2.05, 4.69) is 20.4 Å². The van der Waals surface area contributed by atoms with Gasteiger partial charge in [0.05, 0.1) is 5.69 Å². The molecule has 9 nitrogen and oxygen atoms in total. The van der Waals surface area contributed by atoms with Gasteiger partial charge in [-0.15, -0.1) is 5.10 Å². The van der Waals surface area contributed by atoms with Crippen LogP contribution in [0.1, 0.15) is 26.3 Å². The molecule has 4 rings (SSSR count). The van der Waals surface area contributed by atoms with Crippen LogP contribution >= 0.6 is 0 Å². The first-order chi connectivity index (χ1) is 14.0. The number of piperazine rings is 1. The Hall–Kier alpha value is -3.75. The van der Waals surface area contributed by atoms with E-state index in [-0.39, 0.29) is 5.91 Å². The number of hydrogen-bond acceptors (Lipinski definition) is 6. The highest BCUT2D eigenvalue weighted by atomic mass is 16.2. The number of aryl methyl sites for hydroxylation is 1. The van der Waals surface area contributed by atoms with Gasteiger partial charge in [0, 0.05) is 43.0 Å². The molecule has 0 bridgehead atoms. The van der Waals surface area contributed by atoms with E-state index in [0.29, 0.717) is 24.2 Å². The molecule has 2 heterocycles. The monoisotopic (exact) mass is 391 g/mol. The van der Waals surface area contributed by atoms with E-state index in [1.54, 1.807) is 22.9 Å². The molecular weight excluding hydrogens is 370 g/mol. The van der Waals surface area contributed by atoms with Crippen LogP contribution in [0.4, 0.5) is 5.69 Å². The van der Waals surface area contributed by atoms with Crippen molar-refractivity contribution in [3.8, 4) is 5.69 Å². The minimum atomic E-state index is -0.437. The highest BCUT2D eigenvalue weighted by Crippen LogP contribution is 2.20. The van der Waals surface area contributed by atoms with Crippen LogP contribution in [0.2, 0.25) is 0 Å². The summed E-state index contributed by atoms with van der Waals surface area (Å²) in [5.41, 5.74) is 9.22. The molecule has 0 aliphatic carbocycles. The molecule has 1 aliphatic heterocycles. The van der Waals surface area contributed by atoms with Gasteiger partial charge in [-0.25, -0.2) is 4.68 Å². The molecule has 1 fully saturated rings. The molecule has 1 aromatic heterocycles. The molecule has 1 saturated heterocycles. The van der Waals surface area contributed by atoms with Crippen molar-refractivity contribution in [3.63, 3.8) is 0 Å². The van der Waals surface area contributed by atoms with Crippen molar-refractivity contribution >= 4 is 17.5 Å². The van der Waals surface area contributed by atoms with Gasteiger partial charge in [0.1, 0.15) is 6.33 Å². The lowest BCUT2D eigenvalue weighted by Crippen LogP contribution is -2.48. The number of carbonyl (C=O) groups excluding carboxylic acids is 2. The largest absolute Gasteiger partial charge is 0.368 e. The number of primary amides is 1. The normalized spacial score (nSPS) is 14.1. The average Bonchev–Trinajstić information content (AvgIpc) is 3.28. The molecule has 1 aliphatic rings. The number of carbonyl (C=O) groups is 2. The molecule has 3 aromatic rings. The maximum absolute atomic E-state index is 12.9. The fourth-order valence-electron chi connectivity index (χ4n) is 3.50. The standard InChI is InChI=1S/C20H21N7O2/c1-14-12-16(4-7-18(14)27-13-22-23-24-27)20(29)26-10-8-25(9-11-26)17-5-2-15(3-6-17)19(21)28/h2-7,12-13H,8-11H2,1H3,(H2,21,28). The summed E-state index contributed by atoms with van der Waals surface area (Å²) in [6, 6.07) is 12.8. The third kappa shape index (κ3) is 3.79. The van der Waals surface area contributed by atoms with Crippen molar-refractivity contribution in [1.82, 2.24) is 25.1 Å². The molecule has 0 radical (unpaired) electrons. The van der Waals surface area contributed by atoms with Crippen molar-refractivity contribution in [2.45, 2.75) is 6.92 Å². The van der Waals surface area contributed by atoms with Gasteiger partial charge in [0.15, 0.2) is 0 Å². The van der Waals surface area contributed by atoms with Crippen LogP contribution in [0, 0.1) is 6.92 Å². The molecular formula is C20H21N7O2. The van der Waals surface area contributed by atoms with Crippen molar-refractivity contribution < 1.29 is 9.59 Å². The Kier molecular flexibility index (Phi) is 4.94. The summed E-state index contributed by atoms with van der Waals surface area (Å²) in [5.74, 6) is -0.423. The number of anilines is 1. The number of rotatable bonds is 4. The minimum Gasteiger partial charge on any atom is -0.368 e. The number of nitrogens with zero attached hydrogens (tertiary/aromatic N) is 6. The van der Waals surface area contributed by atoms with Gasteiger partial charge in [0.2, 0.25) is 5.91 Å². The van der Waals surface area contributed by atoms with E-state index in [1.165, 1.54) is 6.33 Å². The van der Waals surface area contributed by atoms with Crippen molar-refractivity contribution in [3.05, 3.63) is 65.5 Å². The molecule has 0 unspecified atom stereocenters. The van der Waals surface area contributed by atoms with Crippen molar-refractivity contribution in [2.75, 3.05) is 31.1 Å². The lowest BCUT2D eigenvalue weighted by atomic mass is 10.1. The third-order valence-electron chi connectivity index (χ3n) is 5.12. The van der Waals surface area contributed by atoms with E-state index in [0.717, 1.165) is 30.0 Å². The minimum absolute atomic E-state index is 0.0140. The summed E-state index contributed by atoms with van der Waals surface area (Å²) >= 11 is 0. The van der Waals surface area contributed by atoms with E-state index >= 15 is 0 Å². The van der Waals surface area contributed by atoms with E-state index < -0.39 is 5.91 Å². The Labute approximate surface area is 167 Å². The quantitative estimate of drug-likeness (QED) is 0.711. The second-order valence-corrected chi connectivity index (χ2v) is 6.95. The summed E-state index contributed by atoms with van der Waals surface area (Å²) < 4.78 is 1.58. The average molecular weight is 391 g/mol. The summed E-state index contributed by atoms with van der Waals surface area (Å²) in [6.07, 6.45) is 1.53. The molecule has 29 heavy (non-hydrogen) atoms. The fourth-order valence-corrected chi connectivity index (χ4v) is 3.50. The first-order valence-electron chi connectivity index (χ1n) is 9.31. The van der Waals surface area contributed by atoms with Gasteiger partial charge < -0.3 is 15.5 Å². The maximum atomic E-state index is 12.9. The van der Waals surface area contributed by atoms with Crippen LogP contribution in [-0.2, 0) is 0 Å². The molecule has 2 aromatic carbocycles. The number of amides is 2. The van der Waals surface area contributed by atoms with Crippen LogP contribution in [-0.4, -0.2) is 63.1 Å². The molecule has 2 N–H and O–H groups in total. The van der Waals surface area contributed by atoms with Gasteiger partial charge in [-0.3, -0.25) is 9.59 Å². The van der Waals surface area contributed by atoms with Gasteiger partial charge in [-0.1, -0.05) is 0 Å². The lowest BCUT2D eigenvalue weighted by molar-refractivity contribution is 0.0746. The third-order valence-corrected chi connectivity index (χ3v) is 5.12. The lowest BCUT2D eigenvalue weighted by Gasteiger charge is -2.36. The molecule has 9 heteroatoms. The zero-order chi connectivity index (χ0) is 20.4. The molecule has 0 atom stereocenters. The SMILES string of the molecule is Cc1cc(C(=O)N2CCN(c3ccc(C(N)=O)cc3)CC2)ccc1-n1cnnn1. The smallest absolute Gasteiger partial charge is 0.253 e. The zero-order valence-electron chi connectivity index (χ0n) is 16.0. The van der Waals surface area contributed by atoms with E-state index in [4.69, 9.17) is 5.73 Å². The number of aromatic nitrogens is 4. The van der Waals surface area contributed by atoms with E-state index in [9.17, 15) is 9.59 Å². The summed E-state index contributed by atoms with van der Waals surface area (Å²) in [6.45, 7) is 4.64. The summed E-state index contributed by atoms with van der Waals surface area (Å²) in [7, 11) is 0. The Morgan fingerprint density at radius 3 is 2.24 bits per heavy atom.